The Morgan fingerprint density at radius 2 is 2.05 bits per heavy atom. The van der Waals surface area contributed by atoms with Gasteiger partial charge in [0.1, 0.15) is 0 Å². The molecule has 5 nitrogen and oxygen atoms in total. The van der Waals surface area contributed by atoms with Crippen molar-refractivity contribution in [3.8, 4) is 0 Å². The number of nitrogens with one attached hydrogen (secondary N) is 1. The topological polar surface area (TPSA) is 89.3 Å². The summed E-state index contributed by atoms with van der Waals surface area (Å²) in [5.41, 5.74) is 6.00. The van der Waals surface area contributed by atoms with Crippen LogP contribution in [-0.2, 0) is 14.6 Å². The molecular formula is C14H18F2N2O3S. The summed E-state index contributed by atoms with van der Waals surface area (Å²) in [7, 11) is -4.77. The number of carbonyl (C=O) groups excluding carboxylic acids is 1. The number of halogens is 2. The zero-order valence-electron chi connectivity index (χ0n) is 12.1. The average Bonchev–Trinajstić information content (AvgIpc) is 2.84. The molecule has 1 aliphatic rings. The number of hydrogen-bond donors (Lipinski definition) is 2. The van der Waals surface area contributed by atoms with Crippen molar-refractivity contribution in [1.29, 1.82) is 0 Å². The van der Waals surface area contributed by atoms with E-state index in [1.165, 1.54) is 12.1 Å². The van der Waals surface area contributed by atoms with Crippen LogP contribution in [0.1, 0.15) is 26.2 Å². The second-order valence-electron chi connectivity index (χ2n) is 5.53. The van der Waals surface area contributed by atoms with Gasteiger partial charge in [-0.2, -0.15) is 8.78 Å². The van der Waals surface area contributed by atoms with Crippen molar-refractivity contribution in [3.63, 3.8) is 0 Å². The van der Waals surface area contributed by atoms with Crippen LogP contribution in [0.25, 0.3) is 0 Å². The van der Waals surface area contributed by atoms with Gasteiger partial charge in [0.25, 0.3) is 0 Å². The van der Waals surface area contributed by atoms with Gasteiger partial charge in [0.15, 0.2) is 0 Å². The standard InChI is InChI=1S/C14H18F2N2O3S/c1-14(15,16)22(20,21)10-5-2-4-9(8-10)18-13(19)11-6-3-7-12(11)17/h2,4-5,8,11-12H,3,6-7,17H2,1H3,(H,18,19)/t11-,12+/m0/s1. The van der Waals surface area contributed by atoms with Crippen molar-refractivity contribution in [3.05, 3.63) is 24.3 Å². The third-order valence-electron chi connectivity index (χ3n) is 3.79. The fourth-order valence-electron chi connectivity index (χ4n) is 2.50. The van der Waals surface area contributed by atoms with E-state index in [4.69, 9.17) is 5.73 Å². The number of benzene rings is 1. The fourth-order valence-corrected chi connectivity index (χ4v) is 3.45. The SMILES string of the molecule is CC(F)(F)S(=O)(=O)c1cccc(NC(=O)[C@H]2CCC[C@H]2N)c1. The Kier molecular flexibility index (Phi) is 4.53. The number of sulfone groups is 1. The molecule has 8 heteroatoms. The van der Waals surface area contributed by atoms with Gasteiger partial charge in [-0.1, -0.05) is 12.5 Å². The number of nitrogens with two attached hydrogens (primary N) is 1. The molecular weight excluding hydrogens is 314 g/mol. The minimum atomic E-state index is -4.77. The van der Waals surface area contributed by atoms with Crippen LogP contribution in [-0.4, -0.2) is 25.6 Å². The van der Waals surface area contributed by atoms with E-state index in [1.54, 1.807) is 0 Å². The zero-order chi connectivity index (χ0) is 16.5. The lowest BCUT2D eigenvalue weighted by Gasteiger charge is -2.16. The van der Waals surface area contributed by atoms with E-state index in [1.807, 2.05) is 0 Å². The van der Waals surface area contributed by atoms with Gasteiger partial charge in [-0.15, -0.1) is 0 Å². The monoisotopic (exact) mass is 332 g/mol. The predicted molar refractivity (Wildman–Crippen MR) is 78.2 cm³/mol. The number of carbonyl (C=O) groups is 1. The molecule has 22 heavy (non-hydrogen) atoms. The molecule has 0 unspecified atom stereocenters. The smallest absolute Gasteiger partial charge is 0.327 e. The van der Waals surface area contributed by atoms with Crippen LogP contribution in [0.2, 0.25) is 0 Å². The summed E-state index contributed by atoms with van der Waals surface area (Å²) < 4.78 is 49.8. The molecule has 2 atom stereocenters. The lowest BCUT2D eigenvalue weighted by atomic mass is 10.0. The number of anilines is 1. The van der Waals surface area contributed by atoms with E-state index in [-0.39, 0.29) is 23.6 Å². The van der Waals surface area contributed by atoms with Crippen molar-refractivity contribution < 1.29 is 22.0 Å². The Balaban J connectivity index is 2.21. The highest BCUT2D eigenvalue weighted by Gasteiger charge is 2.40. The van der Waals surface area contributed by atoms with E-state index in [2.05, 4.69) is 5.32 Å². The molecule has 1 aromatic carbocycles. The molecule has 0 bridgehead atoms. The molecule has 3 N–H and O–H groups in total. The zero-order valence-corrected chi connectivity index (χ0v) is 12.9. The Labute approximate surface area is 127 Å². The van der Waals surface area contributed by atoms with E-state index in [0.29, 0.717) is 13.3 Å². The number of alkyl halides is 2. The number of amides is 1. The fraction of sp³-hybridized carbons (Fsp3) is 0.500. The first-order valence-electron chi connectivity index (χ1n) is 6.92. The predicted octanol–water partition coefficient (Wildman–Crippen LogP) is 2.14. The molecule has 0 spiro atoms. The van der Waals surface area contributed by atoms with Crippen molar-refractivity contribution in [2.24, 2.45) is 11.7 Å². The van der Waals surface area contributed by atoms with Crippen LogP contribution in [0.15, 0.2) is 29.2 Å². The second kappa shape index (κ2) is 5.92. The summed E-state index contributed by atoms with van der Waals surface area (Å²) in [6.45, 7) is 0.325. The third-order valence-corrected chi connectivity index (χ3v) is 5.61. The molecule has 0 aliphatic heterocycles. The third kappa shape index (κ3) is 3.27. The van der Waals surface area contributed by atoms with E-state index in [9.17, 15) is 22.0 Å². The molecule has 0 radical (unpaired) electrons. The Bertz CT molecular complexity index is 671. The van der Waals surface area contributed by atoms with Crippen molar-refractivity contribution in [1.82, 2.24) is 0 Å². The summed E-state index contributed by atoms with van der Waals surface area (Å²) >= 11 is 0. The van der Waals surface area contributed by atoms with Crippen LogP contribution < -0.4 is 11.1 Å². The molecule has 1 saturated carbocycles. The minimum absolute atomic E-state index is 0.162. The van der Waals surface area contributed by atoms with Crippen molar-refractivity contribution in [2.45, 2.75) is 42.4 Å². The molecule has 1 aliphatic carbocycles. The first-order valence-corrected chi connectivity index (χ1v) is 8.40. The van der Waals surface area contributed by atoms with Gasteiger partial charge in [-0.05, 0) is 31.0 Å². The van der Waals surface area contributed by atoms with Gasteiger partial charge in [0, 0.05) is 18.7 Å². The first-order chi connectivity index (χ1) is 10.1. The van der Waals surface area contributed by atoms with Gasteiger partial charge in [-0.3, -0.25) is 4.79 Å². The number of hydrogen-bond acceptors (Lipinski definition) is 4. The van der Waals surface area contributed by atoms with Gasteiger partial charge in [0.05, 0.1) is 10.8 Å². The molecule has 2 rings (SSSR count). The highest BCUT2D eigenvalue weighted by Crippen LogP contribution is 2.30. The van der Waals surface area contributed by atoms with Gasteiger partial charge >= 0.3 is 5.25 Å². The number of rotatable bonds is 4. The lowest BCUT2D eigenvalue weighted by Crippen LogP contribution is -2.34. The van der Waals surface area contributed by atoms with Crippen LogP contribution >= 0.6 is 0 Å². The lowest BCUT2D eigenvalue weighted by molar-refractivity contribution is -0.120. The van der Waals surface area contributed by atoms with E-state index in [0.717, 1.165) is 25.0 Å². The van der Waals surface area contributed by atoms with Crippen molar-refractivity contribution in [2.75, 3.05) is 5.32 Å². The second-order valence-corrected chi connectivity index (χ2v) is 7.72. The highest BCUT2D eigenvalue weighted by molar-refractivity contribution is 7.92. The van der Waals surface area contributed by atoms with Gasteiger partial charge in [-0.25, -0.2) is 8.42 Å². The molecule has 0 saturated heterocycles. The maximum atomic E-state index is 13.2. The largest absolute Gasteiger partial charge is 0.347 e. The Morgan fingerprint density at radius 3 is 2.59 bits per heavy atom. The van der Waals surface area contributed by atoms with E-state index < -0.39 is 20.0 Å². The van der Waals surface area contributed by atoms with Crippen LogP contribution in [0.5, 0.6) is 0 Å². The van der Waals surface area contributed by atoms with Crippen LogP contribution in [0, 0.1) is 5.92 Å². The van der Waals surface area contributed by atoms with Gasteiger partial charge < -0.3 is 11.1 Å². The Morgan fingerprint density at radius 1 is 1.36 bits per heavy atom. The normalized spacial score (nSPS) is 22.5. The van der Waals surface area contributed by atoms with Gasteiger partial charge in [0.2, 0.25) is 15.7 Å². The summed E-state index contributed by atoms with van der Waals surface area (Å²) in [6.07, 6.45) is 2.28. The molecule has 1 amide bonds. The van der Waals surface area contributed by atoms with Crippen molar-refractivity contribution >= 4 is 21.4 Å². The molecule has 0 aromatic heterocycles. The summed E-state index contributed by atoms with van der Waals surface area (Å²) in [5, 5.41) is -1.34. The molecule has 0 heterocycles. The maximum Gasteiger partial charge on any atom is 0.347 e. The average molecular weight is 332 g/mol. The molecule has 1 aromatic rings. The summed E-state index contributed by atoms with van der Waals surface area (Å²) in [6, 6.07) is 4.63. The first kappa shape index (κ1) is 16.8. The quantitative estimate of drug-likeness (QED) is 0.884. The molecule has 1 fully saturated rings. The van der Waals surface area contributed by atoms with E-state index >= 15 is 0 Å². The molecule has 122 valence electrons. The van der Waals surface area contributed by atoms with Crippen LogP contribution in [0.4, 0.5) is 14.5 Å². The summed E-state index contributed by atoms with van der Waals surface area (Å²) in [4.78, 5) is 11.6. The Hall–Kier alpha value is -1.54. The minimum Gasteiger partial charge on any atom is -0.327 e. The maximum absolute atomic E-state index is 13.2. The van der Waals surface area contributed by atoms with Crippen LogP contribution in [0.3, 0.4) is 0 Å². The highest BCUT2D eigenvalue weighted by atomic mass is 32.2. The summed E-state index contributed by atoms with van der Waals surface area (Å²) in [5.74, 6) is -0.657.